The van der Waals surface area contributed by atoms with E-state index in [0.29, 0.717) is 24.7 Å². The van der Waals surface area contributed by atoms with E-state index in [1.807, 2.05) is 61.2 Å². The topological polar surface area (TPSA) is 67.4 Å². The van der Waals surface area contributed by atoms with Gasteiger partial charge in [0.1, 0.15) is 11.4 Å². The number of hydrogen-bond acceptors (Lipinski definition) is 5. The highest BCUT2D eigenvalue weighted by atomic mass is 16.5. The van der Waals surface area contributed by atoms with Crippen LogP contribution in [0.1, 0.15) is 28.5 Å². The summed E-state index contributed by atoms with van der Waals surface area (Å²) < 4.78 is 5.15. The number of nitrogens with zero attached hydrogens (tertiary/aromatic N) is 3. The Morgan fingerprint density at radius 2 is 1.93 bits per heavy atom. The van der Waals surface area contributed by atoms with Crippen molar-refractivity contribution in [3.8, 4) is 5.75 Å². The number of hydrogen-bond donors (Lipinski definition) is 1. The largest absolute Gasteiger partial charge is 0.497 e. The van der Waals surface area contributed by atoms with Crippen LogP contribution in [0.2, 0.25) is 0 Å². The lowest BCUT2D eigenvalue weighted by Gasteiger charge is -2.21. The molecule has 1 amide bonds. The van der Waals surface area contributed by atoms with Gasteiger partial charge >= 0.3 is 0 Å². The van der Waals surface area contributed by atoms with Crippen molar-refractivity contribution in [1.82, 2.24) is 15.3 Å². The summed E-state index contributed by atoms with van der Waals surface area (Å²) >= 11 is 0. The van der Waals surface area contributed by atoms with E-state index in [4.69, 9.17) is 4.74 Å². The molecule has 2 aromatic carbocycles. The van der Waals surface area contributed by atoms with E-state index < -0.39 is 0 Å². The molecule has 0 radical (unpaired) electrons. The Balaban J connectivity index is 1.73. The van der Waals surface area contributed by atoms with Gasteiger partial charge in [-0.25, -0.2) is 9.97 Å². The highest BCUT2D eigenvalue weighted by Gasteiger charge is 2.14. The molecule has 1 heterocycles. The zero-order chi connectivity index (χ0) is 19.9. The maximum absolute atomic E-state index is 12.6. The molecule has 0 saturated heterocycles. The van der Waals surface area contributed by atoms with Gasteiger partial charge in [0.05, 0.1) is 7.11 Å². The van der Waals surface area contributed by atoms with Crippen LogP contribution < -0.4 is 15.0 Å². The van der Waals surface area contributed by atoms with Gasteiger partial charge in [0, 0.05) is 25.0 Å². The third-order valence-corrected chi connectivity index (χ3v) is 4.36. The van der Waals surface area contributed by atoms with Gasteiger partial charge in [-0.3, -0.25) is 4.79 Å². The van der Waals surface area contributed by atoms with Gasteiger partial charge in [-0.15, -0.1) is 0 Å². The summed E-state index contributed by atoms with van der Waals surface area (Å²) in [6.07, 6.45) is 1.61. The van der Waals surface area contributed by atoms with Crippen LogP contribution in [-0.2, 0) is 6.54 Å². The SMILES string of the molecule is CCN(c1cccc(C)c1)c1nccc(C(=O)NCc2ccc(OC)cc2)n1. The molecule has 3 rings (SSSR count). The third-order valence-electron chi connectivity index (χ3n) is 4.36. The summed E-state index contributed by atoms with van der Waals surface area (Å²) in [6.45, 7) is 5.18. The van der Waals surface area contributed by atoms with E-state index in [9.17, 15) is 4.79 Å². The van der Waals surface area contributed by atoms with Crippen LogP contribution in [0.3, 0.4) is 0 Å². The van der Waals surface area contributed by atoms with Crippen LogP contribution in [-0.4, -0.2) is 29.5 Å². The fourth-order valence-corrected chi connectivity index (χ4v) is 2.86. The Labute approximate surface area is 165 Å². The number of aromatic nitrogens is 2. The summed E-state index contributed by atoms with van der Waals surface area (Å²) in [5.74, 6) is 1.05. The lowest BCUT2D eigenvalue weighted by atomic mass is 10.2. The zero-order valence-corrected chi connectivity index (χ0v) is 16.3. The van der Waals surface area contributed by atoms with E-state index in [1.165, 1.54) is 0 Å². The molecule has 3 aromatic rings. The number of nitrogens with one attached hydrogen (secondary N) is 1. The molecule has 144 valence electrons. The highest BCUT2D eigenvalue weighted by Crippen LogP contribution is 2.22. The van der Waals surface area contributed by atoms with Gasteiger partial charge in [0.25, 0.3) is 5.91 Å². The van der Waals surface area contributed by atoms with Crippen molar-refractivity contribution in [1.29, 1.82) is 0 Å². The molecule has 28 heavy (non-hydrogen) atoms. The lowest BCUT2D eigenvalue weighted by molar-refractivity contribution is 0.0946. The molecule has 0 spiro atoms. The van der Waals surface area contributed by atoms with Gasteiger partial charge in [-0.1, -0.05) is 24.3 Å². The number of benzene rings is 2. The first-order valence-electron chi connectivity index (χ1n) is 9.19. The van der Waals surface area contributed by atoms with Crippen LogP contribution in [0.15, 0.2) is 60.8 Å². The molecule has 1 aromatic heterocycles. The summed E-state index contributed by atoms with van der Waals surface area (Å²) in [5, 5.41) is 2.90. The lowest BCUT2D eigenvalue weighted by Crippen LogP contribution is -2.25. The van der Waals surface area contributed by atoms with E-state index >= 15 is 0 Å². The molecule has 0 saturated carbocycles. The van der Waals surface area contributed by atoms with Crippen molar-refractivity contribution in [3.05, 3.63) is 77.6 Å². The Morgan fingerprint density at radius 1 is 1.14 bits per heavy atom. The summed E-state index contributed by atoms with van der Waals surface area (Å²) in [7, 11) is 1.62. The van der Waals surface area contributed by atoms with Crippen LogP contribution in [0.25, 0.3) is 0 Å². The van der Waals surface area contributed by atoms with Crippen molar-refractivity contribution >= 4 is 17.5 Å². The number of anilines is 2. The smallest absolute Gasteiger partial charge is 0.270 e. The first-order chi connectivity index (χ1) is 13.6. The van der Waals surface area contributed by atoms with Crippen LogP contribution >= 0.6 is 0 Å². The van der Waals surface area contributed by atoms with Crippen LogP contribution in [0.5, 0.6) is 5.75 Å². The number of carbonyl (C=O) groups excluding carboxylic acids is 1. The molecule has 0 aliphatic rings. The van der Waals surface area contributed by atoms with Crippen molar-refractivity contribution in [2.75, 3.05) is 18.6 Å². The molecule has 0 fully saturated rings. The Morgan fingerprint density at radius 3 is 2.61 bits per heavy atom. The van der Waals surface area contributed by atoms with Gasteiger partial charge in [0.15, 0.2) is 0 Å². The average molecular weight is 376 g/mol. The van der Waals surface area contributed by atoms with Gasteiger partial charge in [0.2, 0.25) is 5.95 Å². The second-order valence-corrected chi connectivity index (χ2v) is 6.36. The number of carbonyl (C=O) groups is 1. The number of aryl methyl sites for hydroxylation is 1. The average Bonchev–Trinajstić information content (AvgIpc) is 2.73. The van der Waals surface area contributed by atoms with Gasteiger partial charge < -0.3 is 15.0 Å². The normalized spacial score (nSPS) is 10.4. The van der Waals surface area contributed by atoms with Crippen molar-refractivity contribution in [2.24, 2.45) is 0 Å². The first-order valence-corrected chi connectivity index (χ1v) is 9.19. The second-order valence-electron chi connectivity index (χ2n) is 6.36. The number of rotatable bonds is 7. The van der Waals surface area contributed by atoms with Gasteiger partial charge in [-0.2, -0.15) is 0 Å². The maximum atomic E-state index is 12.6. The number of methoxy groups -OCH3 is 1. The predicted octanol–water partition coefficient (Wildman–Crippen LogP) is 3.88. The second kappa shape index (κ2) is 8.99. The molecule has 6 nitrogen and oxygen atoms in total. The summed E-state index contributed by atoms with van der Waals surface area (Å²) in [4.78, 5) is 23.4. The minimum atomic E-state index is -0.236. The third kappa shape index (κ3) is 4.65. The van der Waals surface area contributed by atoms with E-state index in [2.05, 4.69) is 21.4 Å². The molecule has 6 heteroatoms. The number of amides is 1. The highest BCUT2D eigenvalue weighted by molar-refractivity contribution is 5.92. The minimum absolute atomic E-state index is 0.236. The molecule has 0 bridgehead atoms. The fourth-order valence-electron chi connectivity index (χ4n) is 2.86. The zero-order valence-electron chi connectivity index (χ0n) is 16.3. The van der Waals surface area contributed by atoms with E-state index in [1.54, 1.807) is 19.4 Å². The molecular formula is C22H24N4O2. The Kier molecular flexibility index (Phi) is 6.22. The fraction of sp³-hybridized carbons (Fsp3) is 0.227. The molecule has 0 atom stereocenters. The van der Waals surface area contributed by atoms with E-state index in [0.717, 1.165) is 22.6 Å². The predicted molar refractivity (Wildman–Crippen MR) is 110 cm³/mol. The van der Waals surface area contributed by atoms with Crippen molar-refractivity contribution in [2.45, 2.75) is 20.4 Å². The molecule has 1 N–H and O–H groups in total. The Bertz CT molecular complexity index is 941. The minimum Gasteiger partial charge on any atom is -0.497 e. The molecule has 0 aliphatic heterocycles. The standard InChI is InChI=1S/C22H24N4O2/c1-4-26(18-7-5-6-16(2)14-18)22-23-13-12-20(25-22)21(27)24-15-17-8-10-19(28-3)11-9-17/h5-14H,4,15H2,1-3H3,(H,24,27). The quantitative estimate of drug-likeness (QED) is 0.678. The van der Waals surface area contributed by atoms with Crippen LogP contribution in [0.4, 0.5) is 11.6 Å². The number of ether oxygens (including phenoxy) is 1. The van der Waals surface area contributed by atoms with E-state index in [-0.39, 0.29) is 5.91 Å². The summed E-state index contributed by atoms with van der Waals surface area (Å²) in [6, 6.07) is 17.3. The molecular weight excluding hydrogens is 352 g/mol. The molecule has 0 unspecified atom stereocenters. The van der Waals surface area contributed by atoms with Gasteiger partial charge in [-0.05, 0) is 55.3 Å². The summed E-state index contributed by atoms with van der Waals surface area (Å²) in [5.41, 5.74) is 3.48. The van der Waals surface area contributed by atoms with Crippen molar-refractivity contribution in [3.63, 3.8) is 0 Å². The van der Waals surface area contributed by atoms with Crippen molar-refractivity contribution < 1.29 is 9.53 Å². The first kappa shape index (κ1) is 19.4. The van der Waals surface area contributed by atoms with Crippen LogP contribution in [0, 0.1) is 6.92 Å². The monoisotopic (exact) mass is 376 g/mol. The maximum Gasteiger partial charge on any atom is 0.270 e. The molecule has 0 aliphatic carbocycles. The Hall–Kier alpha value is -3.41.